The van der Waals surface area contributed by atoms with Crippen LogP contribution in [0.1, 0.15) is 28.5 Å². The van der Waals surface area contributed by atoms with E-state index in [2.05, 4.69) is 10.1 Å². The van der Waals surface area contributed by atoms with Crippen LogP contribution in [-0.4, -0.2) is 35.2 Å². The molecule has 32 heavy (non-hydrogen) atoms. The van der Waals surface area contributed by atoms with Gasteiger partial charge in [-0.1, -0.05) is 53.2 Å². The summed E-state index contributed by atoms with van der Waals surface area (Å²) >= 11 is 0. The molecule has 0 aliphatic carbocycles. The summed E-state index contributed by atoms with van der Waals surface area (Å²) in [4.78, 5) is 31.9. The van der Waals surface area contributed by atoms with Crippen LogP contribution in [0, 0.1) is 13.8 Å². The number of esters is 1. The van der Waals surface area contributed by atoms with Crippen LogP contribution in [0.15, 0.2) is 65.2 Å². The Bertz CT molecular complexity index is 1280. The molecule has 0 aliphatic heterocycles. The average molecular weight is 429 g/mol. The second-order valence-corrected chi connectivity index (χ2v) is 7.65. The molecule has 7 heteroatoms. The number of likely N-dealkylation sites (N-methyl/N-ethyl adjacent to an activating group) is 1. The van der Waals surface area contributed by atoms with Crippen LogP contribution in [-0.2, 0) is 9.53 Å². The zero-order valence-electron chi connectivity index (χ0n) is 18.3. The molecule has 0 spiro atoms. The number of amides is 1. The number of fused-ring (bicyclic) bond motifs is 1. The number of aromatic nitrogens is 2. The SMILES string of the molecule is Cc1ccc(-c2cc(C(=O)OC(C)C(=O)N(C)c3ccccc3)c3c(C)noc3n2)cc1. The summed E-state index contributed by atoms with van der Waals surface area (Å²) in [6, 6.07) is 18.6. The lowest BCUT2D eigenvalue weighted by Crippen LogP contribution is -2.37. The van der Waals surface area contributed by atoms with Gasteiger partial charge in [0.05, 0.1) is 22.3 Å². The Morgan fingerprint density at radius 3 is 2.41 bits per heavy atom. The van der Waals surface area contributed by atoms with E-state index < -0.39 is 12.1 Å². The van der Waals surface area contributed by atoms with Gasteiger partial charge in [0.25, 0.3) is 11.6 Å². The van der Waals surface area contributed by atoms with E-state index in [0.29, 0.717) is 22.5 Å². The summed E-state index contributed by atoms with van der Waals surface area (Å²) in [5.74, 6) is -0.977. The zero-order chi connectivity index (χ0) is 22.8. The van der Waals surface area contributed by atoms with E-state index in [4.69, 9.17) is 9.26 Å². The predicted octanol–water partition coefficient (Wildman–Crippen LogP) is 4.71. The third-order valence-corrected chi connectivity index (χ3v) is 5.29. The van der Waals surface area contributed by atoms with Crippen molar-refractivity contribution in [3.8, 4) is 11.3 Å². The van der Waals surface area contributed by atoms with Crippen molar-refractivity contribution in [2.24, 2.45) is 0 Å². The van der Waals surface area contributed by atoms with Crippen molar-refractivity contribution in [1.29, 1.82) is 0 Å². The number of nitrogens with zero attached hydrogens (tertiary/aromatic N) is 3. The summed E-state index contributed by atoms with van der Waals surface area (Å²) in [6.07, 6.45) is -0.987. The van der Waals surface area contributed by atoms with Crippen molar-refractivity contribution >= 4 is 28.7 Å². The number of pyridine rings is 1. The fourth-order valence-corrected chi connectivity index (χ4v) is 3.45. The molecule has 2 heterocycles. The molecule has 0 saturated heterocycles. The number of para-hydroxylation sites is 1. The number of benzene rings is 2. The number of hydrogen-bond acceptors (Lipinski definition) is 6. The second-order valence-electron chi connectivity index (χ2n) is 7.65. The minimum Gasteiger partial charge on any atom is -0.449 e. The molecular weight excluding hydrogens is 406 g/mol. The van der Waals surface area contributed by atoms with E-state index in [1.807, 2.05) is 61.5 Å². The van der Waals surface area contributed by atoms with E-state index in [1.54, 1.807) is 27.0 Å². The molecule has 0 aliphatic rings. The van der Waals surface area contributed by atoms with E-state index in [0.717, 1.165) is 11.1 Å². The van der Waals surface area contributed by atoms with Crippen LogP contribution < -0.4 is 4.90 Å². The summed E-state index contributed by atoms with van der Waals surface area (Å²) < 4.78 is 10.9. The Labute approximate surface area is 185 Å². The van der Waals surface area contributed by atoms with Gasteiger partial charge in [0, 0.05) is 18.3 Å². The molecule has 0 radical (unpaired) electrons. The van der Waals surface area contributed by atoms with Crippen molar-refractivity contribution in [3.05, 3.63) is 77.5 Å². The maximum absolute atomic E-state index is 13.1. The number of anilines is 1. The maximum Gasteiger partial charge on any atom is 0.339 e. The number of aryl methyl sites for hydroxylation is 2. The van der Waals surface area contributed by atoms with Crippen molar-refractivity contribution in [2.45, 2.75) is 26.9 Å². The van der Waals surface area contributed by atoms with Gasteiger partial charge in [-0.15, -0.1) is 0 Å². The Morgan fingerprint density at radius 1 is 1.03 bits per heavy atom. The largest absolute Gasteiger partial charge is 0.449 e. The molecule has 2 aromatic heterocycles. The first-order chi connectivity index (χ1) is 15.3. The van der Waals surface area contributed by atoms with E-state index in [1.165, 1.54) is 4.90 Å². The van der Waals surface area contributed by atoms with Crippen LogP contribution in [0.5, 0.6) is 0 Å². The highest BCUT2D eigenvalue weighted by molar-refractivity contribution is 6.06. The molecule has 4 aromatic rings. The predicted molar refractivity (Wildman–Crippen MR) is 121 cm³/mol. The van der Waals surface area contributed by atoms with Gasteiger partial charge in [0.2, 0.25) is 0 Å². The molecule has 0 bridgehead atoms. The monoisotopic (exact) mass is 429 g/mol. The molecule has 0 saturated carbocycles. The van der Waals surface area contributed by atoms with Crippen molar-refractivity contribution in [1.82, 2.24) is 10.1 Å². The van der Waals surface area contributed by atoms with Gasteiger partial charge >= 0.3 is 5.97 Å². The Hall–Kier alpha value is -4.00. The standard InChI is InChI=1S/C25H23N3O4/c1-15-10-12-18(13-11-15)21-14-20(22-16(2)27-32-23(22)26-21)25(30)31-17(3)24(29)28(4)19-8-6-5-7-9-19/h5-14,17H,1-4H3. The van der Waals surface area contributed by atoms with Crippen LogP contribution in [0.3, 0.4) is 0 Å². The summed E-state index contributed by atoms with van der Waals surface area (Å²) in [6.45, 7) is 5.28. The summed E-state index contributed by atoms with van der Waals surface area (Å²) in [7, 11) is 1.65. The highest BCUT2D eigenvalue weighted by Gasteiger charge is 2.26. The molecule has 4 rings (SSSR count). The third kappa shape index (κ3) is 4.09. The van der Waals surface area contributed by atoms with Gasteiger partial charge in [-0.25, -0.2) is 9.78 Å². The molecule has 0 N–H and O–H groups in total. The Balaban J connectivity index is 1.64. The quantitative estimate of drug-likeness (QED) is 0.427. The average Bonchev–Trinajstić information content (AvgIpc) is 3.19. The number of ether oxygens (including phenoxy) is 1. The maximum atomic E-state index is 13.1. The van der Waals surface area contributed by atoms with Gasteiger partial charge in [-0.05, 0) is 39.0 Å². The summed E-state index contributed by atoms with van der Waals surface area (Å²) in [5.41, 5.74) is 4.23. The van der Waals surface area contributed by atoms with Crippen molar-refractivity contribution in [3.63, 3.8) is 0 Å². The lowest BCUT2D eigenvalue weighted by atomic mass is 10.0. The zero-order valence-corrected chi connectivity index (χ0v) is 18.3. The molecule has 162 valence electrons. The molecule has 1 unspecified atom stereocenters. The van der Waals surface area contributed by atoms with Crippen molar-refractivity contribution in [2.75, 3.05) is 11.9 Å². The second kappa shape index (κ2) is 8.63. The first-order valence-corrected chi connectivity index (χ1v) is 10.2. The Kier molecular flexibility index (Phi) is 5.73. The topological polar surface area (TPSA) is 85.5 Å². The minimum absolute atomic E-state index is 0.243. The van der Waals surface area contributed by atoms with Crippen molar-refractivity contribution < 1.29 is 18.8 Å². The number of carbonyl (C=O) groups is 2. The lowest BCUT2D eigenvalue weighted by Gasteiger charge is -2.21. The van der Waals surface area contributed by atoms with Gasteiger partial charge in [-0.3, -0.25) is 4.79 Å². The third-order valence-electron chi connectivity index (χ3n) is 5.29. The van der Waals surface area contributed by atoms with Gasteiger partial charge in [0.1, 0.15) is 0 Å². The van der Waals surface area contributed by atoms with Crippen LogP contribution in [0.4, 0.5) is 5.69 Å². The van der Waals surface area contributed by atoms with E-state index >= 15 is 0 Å². The Morgan fingerprint density at radius 2 is 1.72 bits per heavy atom. The number of rotatable bonds is 5. The molecule has 0 fully saturated rings. The first-order valence-electron chi connectivity index (χ1n) is 10.2. The lowest BCUT2D eigenvalue weighted by molar-refractivity contribution is -0.126. The first kappa shape index (κ1) is 21.2. The fourth-order valence-electron chi connectivity index (χ4n) is 3.45. The van der Waals surface area contributed by atoms with E-state index in [-0.39, 0.29) is 17.2 Å². The van der Waals surface area contributed by atoms with E-state index in [9.17, 15) is 9.59 Å². The van der Waals surface area contributed by atoms with Crippen LogP contribution in [0.25, 0.3) is 22.4 Å². The smallest absolute Gasteiger partial charge is 0.339 e. The molecule has 7 nitrogen and oxygen atoms in total. The number of hydrogen-bond donors (Lipinski definition) is 0. The molecule has 1 amide bonds. The minimum atomic E-state index is -0.987. The highest BCUT2D eigenvalue weighted by Crippen LogP contribution is 2.28. The van der Waals surface area contributed by atoms with Crippen LogP contribution in [0.2, 0.25) is 0 Å². The summed E-state index contributed by atoms with van der Waals surface area (Å²) in [5, 5.41) is 4.42. The number of carbonyl (C=O) groups excluding carboxylic acids is 2. The van der Waals surface area contributed by atoms with Gasteiger partial charge < -0.3 is 14.2 Å². The molecule has 2 aromatic carbocycles. The van der Waals surface area contributed by atoms with Crippen LogP contribution >= 0.6 is 0 Å². The molecular formula is C25H23N3O4. The highest BCUT2D eigenvalue weighted by atomic mass is 16.5. The molecule has 1 atom stereocenters. The fraction of sp³-hybridized carbons (Fsp3) is 0.200. The van der Waals surface area contributed by atoms with Gasteiger partial charge in [-0.2, -0.15) is 0 Å². The normalized spacial score (nSPS) is 11.9. The van der Waals surface area contributed by atoms with Gasteiger partial charge in [0.15, 0.2) is 6.10 Å².